The maximum Gasteiger partial charge on any atom is 0.252 e. The monoisotopic (exact) mass is 693 g/mol. The topological polar surface area (TPSA) is 130 Å². The normalized spacial score (nSPS) is 23.5. The summed E-state index contributed by atoms with van der Waals surface area (Å²) in [5.74, 6) is -0.902. The molecule has 4 amide bonds. The lowest BCUT2D eigenvalue weighted by molar-refractivity contribution is -0.139. The van der Waals surface area contributed by atoms with Gasteiger partial charge in [-0.25, -0.2) is 9.37 Å². The first-order valence-electron chi connectivity index (χ1n) is 17.8. The highest BCUT2D eigenvalue weighted by molar-refractivity contribution is 7.99. The van der Waals surface area contributed by atoms with Crippen molar-refractivity contribution in [1.82, 2.24) is 25.2 Å². The lowest BCUT2D eigenvalue weighted by atomic mass is 9.86. The van der Waals surface area contributed by atoms with Gasteiger partial charge < -0.3 is 20.3 Å². The second-order valence-electron chi connectivity index (χ2n) is 14.6. The average molecular weight is 694 g/mol. The number of carbonyl (C=O) groups excluding carboxylic acids is 4. The van der Waals surface area contributed by atoms with Crippen molar-refractivity contribution in [3.05, 3.63) is 47.4 Å². The van der Waals surface area contributed by atoms with Crippen molar-refractivity contribution in [3.63, 3.8) is 0 Å². The molecule has 10 nitrogen and oxygen atoms in total. The van der Waals surface area contributed by atoms with Crippen LogP contribution >= 0.6 is 11.9 Å². The molecule has 3 N–H and O–H groups in total. The fourth-order valence-electron chi connectivity index (χ4n) is 6.98. The number of benzene rings is 1. The first-order chi connectivity index (χ1) is 23.5. The summed E-state index contributed by atoms with van der Waals surface area (Å²) in [4.78, 5) is 58.8. The van der Waals surface area contributed by atoms with E-state index in [-0.39, 0.29) is 47.8 Å². The predicted octanol–water partition coefficient (Wildman–Crippen LogP) is 5.24. The first-order valence-corrected chi connectivity index (χ1v) is 18.6. The maximum absolute atomic E-state index is 14.4. The molecule has 49 heavy (non-hydrogen) atoms. The highest BCUT2D eigenvalue weighted by atomic mass is 32.2. The van der Waals surface area contributed by atoms with Crippen LogP contribution in [-0.4, -0.2) is 69.5 Å². The van der Waals surface area contributed by atoms with Gasteiger partial charge in [0.15, 0.2) is 0 Å². The van der Waals surface area contributed by atoms with Crippen LogP contribution in [0.4, 0.5) is 4.39 Å². The quantitative estimate of drug-likeness (QED) is 0.101. The number of nitrogens with one attached hydrogen (secondary N) is 3. The van der Waals surface area contributed by atoms with Crippen LogP contribution < -0.4 is 20.1 Å². The molecule has 3 unspecified atom stereocenters. The molecule has 6 rings (SSSR count). The van der Waals surface area contributed by atoms with Gasteiger partial charge in [0.2, 0.25) is 18.2 Å². The Morgan fingerprint density at radius 2 is 2.00 bits per heavy atom. The van der Waals surface area contributed by atoms with E-state index in [1.165, 1.54) is 29.0 Å². The molecule has 0 radical (unpaired) electrons. The zero-order valence-electron chi connectivity index (χ0n) is 28.7. The number of carbonyl (C=O) groups is 4. The second-order valence-corrected chi connectivity index (χ2v) is 15.9. The van der Waals surface area contributed by atoms with Gasteiger partial charge in [0, 0.05) is 34.0 Å². The summed E-state index contributed by atoms with van der Waals surface area (Å²) < 4.78 is 24.2. The van der Waals surface area contributed by atoms with E-state index in [2.05, 4.69) is 35.3 Å². The van der Waals surface area contributed by atoms with Gasteiger partial charge in [0.1, 0.15) is 29.3 Å². The SMILES string of the molecule is CCCCC/C=C\[C@H](C)C(NC(=O)C1CC2(CCc3c(c(C4CC4)nc4ccc(F)cc34)O2)CN1C(=O)CNC=O)C(=O)NSC1(C)CC1. The Morgan fingerprint density at radius 1 is 1.20 bits per heavy atom. The van der Waals surface area contributed by atoms with Crippen molar-refractivity contribution in [2.24, 2.45) is 5.92 Å². The smallest absolute Gasteiger partial charge is 0.252 e. The molecule has 1 aromatic heterocycles. The van der Waals surface area contributed by atoms with Crippen molar-refractivity contribution < 1.29 is 28.3 Å². The van der Waals surface area contributed by atoms with E-state index in [0.717, 1.165) is 68.1 Å². The standard InChI is InChI=1S/C37H48FN5O5S/c1-4-5-6-7-8-9-23(2)31(35(47)42-49-36(3)16-17-36)41-34(46)29-19-37(21-43(29)30(45)20-39-22-44)15-14-26-27-18-25(38)12-13-28(27)40-32(24-10-11-24)33(26)48-37/h8-9,12-13,18,22-24,29,31H,4-7,10-11,14-17,19-21H2,1-3H3,(H,39,44)(H,41,46)(H,42,47)/b9-8-/t23-,29?,31?,37?/m0/s1. The minimum Gasteiger partial charge on any atom is -0.483 e. The number of allylic oxidation sites excluding steroid dienone is 1. The maximum atomic E-state index is 14.4. The van der Waals surface area contributed by atoms with Crippen LogP contribution in [0.5, 0.6) is 5.75 Å². The summed E-state index contributed by atoms with van der Waals surface area (Å²) in [6, 6.07) is 2.84. The molecule has 2 aromatic rings. The van der Waals surface area contributed by atoms with E-state index in [0.29, 0.717) is 30.4 Å². The number of aryl methyl sites for hydroxylation is 1. The fraction of sp³-hybridized carbons (Fsp3) is 0.595. The highest BCUT2D eigenvalue weighted by Gasteiger charge is 2.53. The third kappa shape index (κ3) is 8.05. The van der Waals surface area contributed by atoms with Crippen molar-refractivity contribution in [1.29, 1.82) is 0 Å². The van der Waals surface area contributed by atoms with Crippen molar-refractivity contribution in [2.75, 3.05) is 13.1 Å². The van der Waals surface area contributed by atoms with Crippen LogP contribution in [-0.2, 0) is 25.6 Å². The van der Waals surface area contributed by atoms with Crippen LogP contribution in [0.3, 0.4) is 0 Å². The third-order valence-electron chi connectivity index (χ3n) is 10.4. The molecule has 3 fully saturated rings. The molecule has 2 saturated carbocycles. The molecule has 4 aliphatic rings. The number of pyridine rings is 1. The van der Waals surface area contributed by atoms with E-state index < -0.39 is 29.5 Å². The van der Waals surface area contributed by atoms with Crippen LogP contribution in [0.1, 0.15) is 102 Å². The Labute approximate surface area is 291 Å². The van der Waals surface area contributed by atoms with Crippen molar-refractivity contribution >= 4 is 47.0 Å². The van der Waals surface area contributed by atoms with Crippen LogP contribution in [0, 0.1) is 11.7 Å². The molecule has 264 valence electrons. The second kappa shape index (κ2) is 14.7. The number of halogens is 1. The van der Waals surface area contributed by atoms with Gasteiger partial charge in [-0.15, -0.1) is 0 Å². The van der Waals surface area contributed by atoms with E-state index in [1.807, 2.05) is 13.0 Å². The zero-order chi connectivity index (χ0) is 34.8. The lowest BCUT2D eigenvalue weighted by Gasteiger charge is -2.37. The molecular formula is C37H48FN5O5S. The summed E-state index contributed by atoms with van der Waals surface area (Å²) in [6.07, 6.45) is 14.0. The Bertz CT molecular complexity index is 1630. The summed E-state index contributed by atoms with van der Waals surface area (Å²) in [7, 11) is 0. The number of rotatable bonds is 15. The van der Waals surface area contributed by atoms with Crippen molar-refractivity contribution in [3.8, 4) is 5.75 Å². The van der Waals surface area contributed by atoms with Gasteiger partial charge in [0.05, 0.1) is 24.3 Å². The summed E-state index contributed by atoms with van der Waals surface area (Å²) in [5, 5.41) is 6.16. The molecule has 1 aromatic carbocycles. The average Bonchev–Trinajstić information content (AvgIpc) is 4.03. The Balaban J connectivity index is 1.26. The molecule has 3 heterocycles. The minimum atomic E-state index is -0.928. The number of hydrogen-bond donors (Lipinski definition) is 3. The zero-order valence-corrected chi connectivity index (χ0v) is 29.5. The molecule has 1 spiro atoms. The number of fused-ring (bicyclic) bond motifs is 3. The number of nitrogens with zero attached hydrogens (tertiary/aromatic N) is 2. The first kappa shape index (κ1) is 35.2. The summed E-state index contributed by atoms with van der Waals surface area (Å²) in [5.41, 5.74) is 1.59. The summed E-state index contributed by atoms with van der Waals surface area (Å²) >= 11 is 1.40. The molecular weight excluding hydrogens is 646 g/mol. The lowest BCUT2D eigenvalue weighted by Crippen LogP contribution is -2.55. The molecule has 1 saturated heterocycles. The van der Waals surface area contributed by atoms with E-state index in [1.54, 1.807) is 6.07 Å². The Hall–Kier alpha value is -3.67. The fourth-order valence-corrected chi connectivity index (χ4v) is 7.76. The van der Waals surface area contributed by atoms with E-state index >= 15 is 0 Å². The van der Waals surface area contributed by atoms with Gasteiger partial charge in [-0.3, -0.25) is 23.9 Å². The van der Waals surface area contributed by atoms with Crippen LogP contribution in [0.2, 0.25) is 0 Å². The van der Waals surface area contributed by atoms with E-state index in [4.69, 9.17) is 9.72 Å². The minimum absolute atomic E-state index is 0.00989. The molecule has 4 atom stereocenters. The van der Waals surface area contributed by atoms with Gasteiger partial charge in [-0.1, -0.05) is 38.8 Å². The number of likely N-dealkylation sites (tertiary alicyclic amines) is 1. The number of ether oxygens (including phenoxy) is 1. The molecule has 2 aliphatic carbocycles. The predicted molar refractivity (Wildman–Crippen MR) is 187 cm³/mol. The number of amides is 4. The Kier molecular flexibility index (Phi) is 10.5. The molecule has 2 aliphatic heterocycles. The number of aromatic nitrogens is 1. The van der Waals surface area contributed by atoms with Crippen molar-refractivity contribution in [2.45, 2.75) is 120 Å². The molecule has 12 heteroatoms. The number of unbranched alkanes of at least 4 members (excludes halogenated alkanes) is 3. The largest absolute Gasteiger partial charge is 0.483 e. The Morgan fingerprint density at radius 3 is 2.71 bits per heavy atom. The number of hydrogen-bond acceptors (Lipinski definition) is 7. The third-order valence-corrected chi connectivity index (χ3v) is 11.6. The van der Waals surface area contributed by atoms with E-state index in [9.17, 15) is 23.6 Å². The van der Waals surface area contributed by atoms with Gasteiger partial charge in [-0.05, 0) is 88.4 Å². The molecule has 0 bridgehead atoms. The van der Waals surface area contributed by atoms with Crippen LogP contribution in [0.25, 0.3) is 10.9 Å². The van der Waals surface area contributed by atoms with Gasteiger partial charge in [0.25, 0.3) is 5.91 Å². The summed E-state index contributed by atoms with van der Waals surface area (Å²) in [6.45, 7) is 6.03. The van der Waals surface area contributed by atoms with Crippen LogP contribution in [0.15, 0.2) is 30.4 Å². The highest BCUT2D eigenvalue weighted by Crippen LogP contribution is 2.51. The van der Waals surface area contributed by atoms with Gasteiger partial charge in [-0.2, -0.15) is 0 Å². The van der Waals surface area contributed by atoms with Gasteiger partial charge >= 0.3 is 0 Å².